The summed E-state index contributed by atoms with van der Waals surface area (Å²) in [6, 6.07) is 19.3. The van der Waals surface area contributed by atoms with Crippen LogP contribution in [0.2, 0.25) is 0 Å². The topological polar surface area (TPSA) is 131 Å². The second kappa shape index (κ2) is 11.4. The third-order valence-electron chi connectivity index (χ3n) is 4.97. The van der Waals surface area contributed by atoms with E-state index >= 15 is 0 Å². The molecule has 0 aromatic heterocycles. The van der Waals surface area contributed by atoms with Crippen LogP contribution in [-0.4, -0.2) is 43.4 Å². The van der Waals surface area contributed by atoms with Gasteiger partial charge in [-0.15, -0.1) is 0 Å². The summed E-state index contributed by atoms with van der Waals surface area (Å²) in [6.07, 6.45) is 1.31. The number of hydrogen-bond donors (Lipinski definition) is 1. The van der Waals surface area contributed by atoms with Crippen molar-refractivity contribution in [3.8, 4) is 5.75 Å². The minimum absolute atomic E-state index is 0.0419. The zero-order valence-electron chi connectivity index (χ0n) is 19.1. The molecule has 0 radical (unpaired) electrons. The average molecular weight is 497 g/mol. The van der Waals surface area contributed by atoms with Crippen LogP contribution in [0.25, 0.3) is 0 Å². The number of benzene rings is 3. The summed E-state index contributed by atoms with van der Waals surface area (Å²) >= 11 is 0. The Balaban J connectivity index is 1.81. The van der Waals surface area contributed by atoms with Crippen molar-refractivity contribution < 1.29 is 22.9 Å². The summed E-state index contributed by atoms with van der Waals surface area (Å²) in [4.78, 5) is 22.8. The van der Waals surface area contributed by atoms with Gasteiger partial charge in [-0.2, -0.15) is 9.41 Å². The molecule has 0 aliphatic rings. The third-order valence-corrected chi connectivity index (χ3v) is 6.78. The van der Waals surface area contributed by atoms with Crippen molar-refractivity contribution >= 4 is 27.8 Å². The number of nitro benzene ring substituents is 1. The van der Waals surface area contributed by atoms with E-state index < -0.39 is 27.4 Å². The van der Waals surface area contributed by atoms with Crippen LogP contribution >= 0.6 is 0 Å². The SMILES string of the molecule is COc1ccc(C)cc1S(=O)(=O)N(CC(=O)NN=Cc1ccc([N+](=O)[O-])cc1)Cc1ccccc1. The molecule has 35 heavy (non-hydrogen) atoms. The fraction of sp³-hybridized carbons (Fsp3) is 0.167. The number of nitrogens with zero attached hydrogens (tertiary/aromatic N) is 3. The largest absolute Gasteiger partial charge is 0.495 e. The van der Waals surface area contributed by atoms with Gasteiger partial charge in [0.1, 0.15) is 10.6 Å². The van der Waals surface area contributed by atoms with Crippen LogP contribution in [0, 0.1) is 17.0 Å². The van der Waals surface area contributed by atoms with Crippen LogP contribution in [0.3, 0.4) is 0 Å². The van der Waals surface area contributed by atoms with Crippen molar-refractivity contribution in [1.29, 1.82) is 0 Å². The average Bonchev–Trinajstić information content (AvgIpc) is 2.84. The number of amides is 1. The number of methoxy groups -OCH3 is 1. The monoisotopic (exact) mass is 496 g/mol. The predicted octanol–water partition coefficient (Wildman–Crippen LogP) is 3.25. The lowest BCUT2D eigenvalue weighted by atomic mass is 10.2. The fourth-order valence-corrected chi connectivity index (χ4v) is 4.82. The number of carbonyl (C=O) groups is 1. The van der Waals surface area contributed by atoms with Gasteiger partial charge in [0.2, 0.25) is 10.0 Å². The molecule has 0 fully saturated rings. The summed E-state index contributed by atoms with van der Waals surface area (Å²) in [5, 5.41) is 14.6. The molecule has 0 saturated carbocycles. The maximum atomic E-state index is 13.6. The molecule has 11 heteroatoms. The van der Waals surface area contributed by atoms with Gasteiger partial charge < -0.3 is 4.74 Å². The van der Waals surface area contributed by atoms with E-state index in [1.165, 1.54) is 43.7 Å². The van der Waals surface area contributed by atoms with Crippen molar-refractivity contribution in [3.63, 3.8) is 0 Å². The zero-order valence-corrected chi connectivity index (χ0v) is 19.9. The van der Waals surface area contributed by atoms with Gasteiger partial charge in [-0.3, -0.25) is 14.9 Å². The first-order valence-electron chi connectivity index (χ1n) is 10.5. The van der Waals surface area contributed by atoms with Gasteiger partial charge in [0, 0.05) is 18.7 Å². The molecule has 3 rings (SSSR count). The Bertz CT molecular complexity index is 1330. The Morgan fingerprint density at radius 3 is 2.43 bits per heavy atom. The molecule has 0 aliphatic heterocycles. The summed E-state index contributed by atoms with van der Waals surface area (Å²) in [7, 11) is -2.74. The first-order valence-corrected chi connectivity index (χ1v) is 11.9. The van der Waals surface area contributed by atoms with Crippen LogP contribution in [0.15, 0.2) is 82.8 Å². The lowest BCUT2D eigenvalue weighted by Crippen LogP contribution is -2.39. The van der Waals surface area contributed by atoms with Crippen LogP contribution in [0.5, 0.6) is 5.75 Å². The summed E-state index contributed by atoms with van der Waals surface area (Å²) in [6.45, 7) is 1.23. The molecule has 10 nitrogen and oxygen atoms in total. The Kier molecular flexibility index (Phi) is 8.29. The zero-order chi connectivity index (χ0) is 25.4. The molecular weight excluding hydrogens is 472 g/mol. The fourth-order valence-electron chi connectivity index (χ4n) is 3.19. The smallest absolute Gasteiger partial charge is 0.269 e. The number of sulfonamides is 1. The van der Waals surface area contributed by atoms with E-state index in [2.05, 4.69) is 10.5 Å². The summed E-state index contributed by atoms with van der Waals surface area (Å²) < 4.78 is 33.4. The number of aryl methyl sites for hydroxylation is 1. The van der Waals surface area contributed by atoms with E-state index in [0.717, 1.165) is 9.87 Å². The highest BCUT2D eigenvalue weighted by molar-refractivity contribution is 7.89. The number of ether oxygens (including phenoxy) is 1. The Morgan fingerprint density at radius 1 is 1.11 bits per heavy atom. The van der Waals surface area contributed by atoms with E-state index in [1.807, 2.05) is 6.07 Å². The molecule has 1 amide bonds. The van der Waals surface area contributed by atoms with Gasteiger partial charge in [-0.25, -0.2) is 13.8 Å². The summed E-state index contributed by atoms with van der Waals surface area (Å²) in [5.41, 5.74) is 4.18. The second-order valence-corrected chi connectivity index (χ2v) is 9.46. The normalized spacial score (nSPS) is 11.5. The molecule has 0 unspecified atom stereocenters. The van der Waals surface area contributed by atoms with Crippen LogP contribution in [0.4, 0.5) is 5.69 Å². The molecule has 0 bridgehead atoms. The lowest BCUT2D eigenvalue weighted by molar-refractivity contribution is -0.384. The van der Waals surface area contributed by atoms with E-state index in [1.54, 1.807) is 43.3 Å². The van der Waals surface area contributed by atoms with E-state index in [4.69, 9.17) is 4.74 Å². The maximum absolute atomic E-state index is 13.6. The highest BCUT2D eigenvalue weighted by atomic mass is 32.2. The molecular formula is C24H24N4O6S. The minimum atomic E-state index is -4.12. The number of hydrogen-bond acceptors (Lipinski definition) is 7. The van der Waals surface area contributed by atoms with Crippen molar-refractivity contribution in [3.05, 3.63) is 99.6 Å². The van der Waals surface area contributed by atoms with Gasteiger partial charge >= 0.3 is 0 Å². The molecule has 3 aromatic carbocycles. The molecule has 0 atom stereocenters. The Labute approximate surface area is 203 Å². The van der Waals surface area contributed by atoms with Gasteiger partial charge in [0.15, 0.2) is 0 Å². The van der Waals surface area contributed by atoms with Crippen molar-refractivity contribution in [2.24, 2.45) is 5.10 Å². The molecule has 3 aromatic rings. The van der Waals surface area contributed by atoms with Crippen molar-refractivity contribution in [2.45, 2.75) is 18.4 Å². The molecule has 1 N–H and O–H groups in total. The molecule has 0 saturated heterocycles. The summed E-state index contributed by atoms with van der Waals surface area (Å²) in [5.74, 6) is -0.487. The quantitative estimate of drug-likeness (QED) is 0.260. The second-order valence-electron chi connectivity index (χ2n) is 7.55. The van der Waals surface area contributed by atoms with E-state index in [0.29, 0.717) is 11.1 Å². The lowest BCUT2D eigenvalue weighted by Gasteiger charge is -2.23. The highest BCUT2D eigenvalue weighted by Gasteiger charge is 2.30. The number of hydrazone groups is 1. The third kappa shape index (κ3) is 6.71. The minimum Gasteiger partial charge on any atom is -0.495 e. The Hall–Kier alpha value is -4.09. The van der Waals surface area contributed by atoms with Crippen LogP contribution in [0.1, 0.15) is 16.7 Å². The number of rotatable bonds is 10. The van der Waals surface area contributed by atoms with Gasteiger partial charge in [-0.1, -0.05) is 36.4 Å². The van der Waals surface area contributed by atoms with E-state index in [-0.39, 0.29) is 22.9 Å². The van der Waals surface area contributed by atoms with E-state index in [9.17, 15) is 23.3 Å². The van der Waals surface area contributed by atoms with Crippen molar-refractivity contribution in [2.75, 3.05) is 13.7 Å². The first kappa shape index (κ1) is 25.5. The molecule has 0 spiro atoms. The molecule has 0 heterocycles. The highest BCUT2D eigenvalue weighted by Crippen LogP contribution is 2.28. The van der Waals surface area contributed by atoms with Gasteiger partial charge in [0.25, 0.3) is 11.6 Å². The number of carbonyl (C=O) groups excluding carboxylic acids is 1. The van der Waals surface area contributed by atoms with Gasteiger partial charge in [-0.05, 0) is 47.9 Å². The Morgan fingerprint density at radius 2 is 1.80 bits per heavy atom. The maximum Gasteiger partial charge on any atom is 0.269 e. The van der Waals surface area contributed by atoms with Gasteiger partial charge in [0.05, 0.1) is 24.8 Å². The number of non-ortho nitro benzene ring substituents is 1. The van der Waals surface area contributed by atoms with Crippen molar-refractivity contribution in [1.82, 2.24) is 9.73 Å². The predicted molar refractivity (Wildman–Crippen MR) is 131 cm³/mol. The molecule has 182 valence electrons. The standard InChI is InChI=1S/C24H24N4O6S/c1-18-8-13-22(34-2)23(14-18)35(32,33)27(16-20-6-4-3-5-7-20)17-24(29)26-25-15-19-9-11-21(12-10-19)28(30)31/h3-15H,16-17H2,1-2H3,(H,26,29). The number of nitrogens with one attached hydrogen (secondary N) is 1. The number of nitro groups is 1. The van der Waals surface area contributed by atoms with Crippen LogP contribution < -0.4 is 10.2 Å². The van der Waals surface area contributed by atoms with Crippen LogP contribution in [-0.2, 0) is 21.4 Å². The first-order chi connectivity index (χ1) is 16.7. The molecule has 0 aliphatic carbocycles.